The summed E-state index contributed by atoms with van der Waals surface area (Å²) in [7, 11) is 0. The molecule has 21 heavy (non-hydrogen) atoms. The van der Waals surface area contributed by atoms with Gasteiger partial charge in [0, 0.05) is 13.1 Å². The van der Waals surface area contributed by atoms with Crippen molar-refractivity contribution in [3.63, 3.8) is 0 Å². The molecule has 2 rings (SSSR count). The van der Waals surface area contributed by atoms with Gasteiger partial charge in [0.15, 0.2) is 0 Å². The van der Waals surface area contributed by atoms with E-state index in [1.165, 1.54) is 12.8 Å². The van der Waals surface area contributed by atoms with Crippen LogP contribution >= 0.6 is 0 Å². The largest absolute Gasteiger partial charge is 0.480 e. The third-order valence-electron chi connectivity index (χ3n) is 4.63. The van der Waals surface area contributed by atoms with Crippen molar-refractivity contribution < 1.29 is 14.7 Å². The van der Waals surface area contributed by atoms with Crippen LogP contribution in [0.15, 0.2) is 0 Å². The molecule has 6 heteroatoms. The number of carbonyl (C=O) groups excluding carboxylic acids is 1. The molecule has 0 unspecified atom stereocenters. The molecule has 0 spiro atoms. The third-order valence-corrected chi connectivity index (χ3v) is 4.63. The van der Waals surface area contributed by atoms with Crippen LogP contribution in [0.5, 0.6) is 0 Å². The van der Waals surface area contributed by atoms with Crippen molar-refractivity contribution in [3.05, 3.63) is 0 Å². The Morgan fingerprint density at radius 2 is 1.62 bits per heavy atom. The van der Waals surface area contributed by atoms with Gasteiger partial charge in [0.05, 0.1) is 0 Å². The number of carbonyl (C=O) groups is 2. The number of carboxylic acids is 1. The van der Waals surface area contributed by atoms with Gasteiger partial charge in [-0.3, -0.25) is 0 Å². The lowest BCUT2D eigenvalue weighted by Gasteiger charge is -2.29. The van der Waals surface area contributed by atoms with E-state index < -0.39 is 11.5 Å². The molecule has 120 valence electrons. The van der Waals surface area contributed by atoms with Crippen LogP contribution in [0.1, 0.15) is 51.4 Å². The molecule has 1 heterocycles. The predicted molar refractivity (Wildman–Crippen MR) is 80.3 cm³/mol. The number of urea groups is 1. The van der Waals surface area contributed by atoms with Crippen LogP contribution < -0.4 is 10.6 Å². The van der Waals surface area contributed by atoms with E-state index in [-0.39, 0.29) is 6.03 Å². The van der Waals surface area contributed by atoms with Crippen molar-refractivity contribution in [2.75, 3.05) is 26.2 Å². The highest BCUT2D eigenvalue weighted by Gasteiger charge is 2.40. The number of aliphatic carboxylic acids is 1. The number of carboxylic acid groups (broad SMARTS) is 1. The lowest BCUT2D eigenvalue weighted by molar-refractivity contribution is -0.145. The Labute approximate surface area is 126 Å². The first-order valence-corrected chi connectivity index (χ1v) is 8.14. The van der Waals surface area contributed by atoms with E-state index in [0.29, 0.717) is 19.4 Å². The van der Waals surface area contributed by atoms with Gasteiger partial charge in [0.25, 0.3) is 0 Å². The number of rotatable bonds is 5. The summed E-state index contributed by atoms with van der Waals surface area (Å²) in [5.41, 5.74) is -1.08. The minimum Gasteiger partial charge on any atom is -0.480 e. The molecule has 2 aliphatic rings. The predicted octanol–water partition coefficient (Wildman–Crippen LogP) is 1.56. The summed E-state index contributed by atoms with van der Waals surface area (Å²) in [4.78, 5) is 25.9. The number of nitrogens with zero attached hydrogens (tertiary/aromatic N) is 1. The summed E-state index contributed by atoms with van der Waals surface area (Å²) in [5.74, 6) is -0.904. The zero-order chi connectivity index (χ0) is 15.1. The van der Waals surface area contributed by atoms with Gasteiger partial charge in [-0.05, 0) is 38.8 Å². The Kier molecular flexibility index (Phi) is 5.85. The van der Waals surface area contributed by atoms with E-state index in [1.54, 1.807) is 0 Å². The van der Waals surface area contributed by atoms with E-state index in [0.717, 1.165) is 45.3 Å². The second-order valence-corrected chi connectivity index (χ2v) is 6.23. The van der Waals surface area contributed by atoms with E-state index in [9.17, 15) is 14.7 Å². The van der Waals surface area contributed by atoms with Crippen LogP contribution in [0.2, 0.25) is 0 Å². The standard InChI is InChI=1S/C15H27N3O3/c19-13(20)15(7-3-1-2-4-8-15)17-14(21)16-9-12-18-10-5-6-11-18/h1-12H2,(H,19,20)(H2,16,17,21). The molecule has 1 saturated carbocycles. The fourth-order valence-corrected chi connectivity index (χ4v) is 3.32. The summed E-state index contributed by atoms with van der Waals surface area (Å²) < 4.78 is 0. The number of amides is 2. The lowest BCUT2D eigenvalue weighted by Crippen LogP contribution is -2.57. The second-order valence-electron chi connectivity index (χ2n) is 6.23. The minimum atomic E-state index is -1.08. The summed E-state index contributed by atoms with van der Waals surface area (Å²) in [6.45, 7) is 3.61. The summed E-state index contributed by atoms with van der Waals surface area (Å²) in [6.07, 6.45) is 7.34. The monoisotopic (exact) mass is 297 g/mol. The van der Waals surface area contributed by atoms with Crippen molar-refractivity contribution in [1.82, 2.24) is 15.5 Å². The van der Waals surface area contributed by atoms with Crippen LogP contribution in [0.3, 0.4) is 0 Å². The maximum atomic E-state index is 12.0. The van der Waals surface area contributed by atoms with Gasteiger partial charge in [-0.15, -0.1) is 0 Å². The van der Waals surface area contributed by atoms with Crippen LogP contribution in [0, 0.1) is 0 Å². The molecular formula is C15H27N3O3. The van der Waals surface area contributed by atoms with Crippen molar-refractivity contribution in [1.29, 1.82) is 0 Å². The van der Waals surface area contributed by atoms with Crippen LogP contribution in [0.4, 0.5) is 4.79 Å². The Morgan fingerprint density at radius 3 is 2.19 bits per heavy atom. The Morgan fingerprint density at radius 1 is 1.00 bits per heavy atom. The highest BCUT2D eigenvalue weighted by Crippen LogP contribution is 2.27. The van der Waals surface area contributed by atoms with E-state index >= 15 is 0 Å². The lowest BCUT2D eigenvalue weighted by atomic mass is 9.90. The average molecular weight is 297 g/mol. The molecule has 0 atom stereocenters. The second kappa shape index (κ2) is 7.64. The molecule has 2 fully saturated rings. The highest BCUT2D eigenvalue weighted by molar-refractivity contribution is 5.86. The SMILES string of the molecule is O=C(NCCN1CCCC1)NC1(C(=O)O)CCCCCC1. The zero-order valence-corrected chi connectivity index (χ0v) is 12.7. The Hall–Kier alpha value is -1.30. The first-order chi connectivity index (χ1) is 10.1. The molecule has 0 aromatic rings. The topological polar surface area (TPSA) is 81.7 Å². The first kappa shape index (κ1) is 16.1. The van der Waals surface area contributed by atoms with Gasteiger partial charge >= 0.3 is 12.0 Å². The number of likely N-dealkylation sites (tertiary alicyclic amines) is 1. The molecule has 0 bridgehead atoms. The average Bonchev–Trinajstić information content (AvgIpc) is 2.84. The molecule has 0 aromatic carbocycles. The number of hydrogen-bond acceptors (Lipinski definition) is 3. The van der Waals surface area contributed by atoms with Crippen molar-refractivity contribution in [3.8, 4) is 0 Å². The Bertz CT molecular complexity index is 359. The molecule has 1 aliphatic heterocycles. The van der Waals surface area contributed by atoms with Gasteiger partial charge in [0.2, 0.25) is 0 Å². The van der Waals surface area contributed by atoms with E-state index in [4.69, 9.17) is 0 Å². The first-order valence-electron chi connectivity index (χ1n) is 8.14. The van der Waals surface area contributed by atoms with Crippen molar-refractivity contribution in [2.24, 2.45) is 0 Å². The molecule has 1 aliphatic carbocycles. The normalized spacial score (nSPS) is 22.5. The molecule has 1 saturated heterocycles. The van der Waals surface area contributed by atoms with Gasteiger partial charge in [-0.1, -0.05) is 25.7 Å². The van der Waals surface area contributed by atoms with Crippen LogP contribution in [0.25, 0.3) is 0 Å². The molecule has 3 N–H and O–H groups in total. The molecule has 0 aromatic heterocycles. The minimum absolute atomic E-state index is 0.349. The molecular weight excluding hydrogens is 270 g/mol. The maximum absolute atomic E-state index is 12.0. The fourth-order valence-electron chi connectivity index (χ4n) is 3.32. The van der Waals surface area contributed by atoms with Gasteiger partial charge in [-0.25, -0.2) is 9.59 Å². The van der Waals surface area contributed by atoms with Gasteiger partial charge in [-0.2, -0.15) is 0 Å². The third kappa shape index (κ3) is 4.59. The quantitative estimate of drug-likeness (QED) is 0.673. The van der Waals surface area contributed by atoms with E-state index in [2.05, 4.69) is 15.5 Å². The summed E-state index contributed by atoms with van der Waals surface area (Å²) in [6, 6.07) is -0.349. The van der Waals surface area contributed by atoms with Crippen LogP contribution in [-0.4, -0.2) is 53.7 Å². The molecule has 6 nitrogen and oxygen atoms in total. The zero-order valence-electron chi connectivity index (χ0n) is 12.7. The van der Waals surface area contributed by atoms with E-state index in [1.807, 2.05) is 0 Å². The maximum Gasteiger partial charge on any atom is 0.329 e. The smallest absolute Gasteiger partial charge is 0.329 e. The number of hydrogen-bond donors (Lipinski definition) is 3. The van der Waals surface area contributed by atoms with Crippen molar-refractivity contribution in [2.45, 2.75) is 56.9 Å². The highest BCUT2D eigenvalue weighted by atomic mass is 16.4. The summed E-state index contributed by atoms with van der Waals surface area (Å²) in [5, 5.41) is 15.0. The summed E-state index contributed by atoms with van der Waals surface area (Å²) >= 11 is 0. The van der Waals surface area contributed by atoms with Crippen molar-refractivity contribution >= 4 is 12.0 Å². The molecule has 2 amide bonds. The Balaban J connectivity index is 1.78. The van der Waals surface area contributed by atoms with Crippen LogP contribution in [-0.2, 0) is 4.79 Å². The van der Waals surface area contributed by atoms with Gasteiger partial charge < -0.3 is 20.6 Å². The number of nitrogens with one attached hydrogen (secondary N) is 2. The fraction of sp³-hybridized carbons (Fsp3) is 0.867. The van der Waals surface area contributed by atoms with Gasteiger partial charge in [0.1, 0.15) is 5.54 Å². The molecule has 0 radical (unpaired) electrons.